The molecule has 2 rings (SSSR count). The molecule has 154 valence electrons. The van der Waals surface area contributed by atoms with Gasteiger partial charge >= 0.3 is 5.97 Å². The first kappa shape index (κ1) is 21.5. The normalized spacial score (nSPS) is 15.0. The Balaban J connectivity index is 1.85. The summed E-state index contributed by atoms with van der Waals surface area (Å²) in [6.45, 7) is -0.640. The second-order valence-corrected chi connectivity index (χ2v) is 6.81. The number of primary amides is 1. The van der Waals surface area contributed by atoms with Gasteiger partial charge in [0.05, 0.1) is 12.7 Å². The molecule has 0 heterocycles. The number of rotatable bonds is 8. The molecule has 0 radical (unpaired) electrons. The minimum absolute atomic E-state index is 0.147. The number of hydrogen-bond acceptors (Lipinski definition) is 6. The molecule has 8 nitrogen and oxygen atoms in total. The molecule has 1 aromatic carbocycles. The van der Waals surface area contributed by atoms with Crippen LogP contribution in [-0.4, -0.2) is 44.1 Å². The third-order valence-corrected chi connectivity index (χ3v) is 4.57. The Labute approximate surface area is 164 Å². The van der Waals surface area contributed by atoms with E-state index in [4.69, 9.17) is 19.9 Å². The van der Waals surface area contributed by atoms with E-state index in [9.17, 15) is 14.4 Å². The van der Waals surface area contributed by atoms with Crippen molar-refractivity contribution in [3.8, 4) is 11.5 Å². The first-order chi connectivity index (χ1) is 13.5. The van der Waals surface area contributed by atoms with Crippen LogP contribution in [0.2, 0.25) is 0 Å². The highest BCUT2D eigenvalue weighted by Crippen LogP contribution is 2.28. The van der Waals surface area contributed by atoms with Crippen molar-refractivity contribution in [2.45, 2.75) is 51.0 Å². The van der Waals surface area contributed by atoms with Crippen LogP contribution in [0.25, 0.3) is 0 Å². The predicted octanol–water partition coefficient (Wildman–Crippen LogP) is 1.95. The van der Waals surface area contributed by atoms with E-state index in [-0.39, 0.29) is 42.2 Å². The van der Waals surface area contributed by atoms with Gasteiger partial charge in [-0.3, -0.25) is 9.59 Å². The van der Waals surface area contributed by atoms with Crippen LogP contribution in [-0.2, 0) is 14.3 Å². The van der Waals surface area contributed by atoms with Gasteiger partial charge in [0.25, 0.3) is 11.8 Å². The lowest BCUT2D eigenvalue weighted by Crippen LogP contribution is -2.38. The van der Waals surface area contributed by atoms with Crippen molar-refractivity contribution in [3.05, 3.63) is 23.8 Å². The Morgan fingerprint density at radius 3 is 2.36 bits per heavy atom. The fourth-order valence-electron chi connectivity index (χ4n) is 3.15. The van der Waals surface area contributed by atoms with E-state index < -0.39 is 11.9 Å². The number of nitrogens with one attached hydrogen (secondary N) is 1. The van der Waals surface area contributed by atoms with Gasteiger partial charge in [-0.25, -0.2) is 4.79 Å². The molecular weight excluding hydrogens is 364 g/mol. The topological polar surface area (TPSA) is 117 Å². The zero-order chi connectivity index (χ0) is 20.4. The van der Waals surface area contributed by atoms with E-state index >= 15 is 0 Å². The van der Waals surface area contributed by atoms with Crippen LogP contribution >= 0.6 is 0 Å². The monoisotopic (exact) mass is 392 g/mol. The molecule has 0 unspecified atom stereocenters. The highest BCUT2D eigenvalue weighted by atomic mass is 16.5. The summed E-state index contributed by atoms with van der Waals surface area (Å²) in [5.41, 5.74) is 5.25. The fraction of sp³-hybridized carbons (Fsp3) is 0.550. The summed E-state index contributed by atoms with van der Waals surface area (Å²) in [5.74, 6) is -1.03. The lowest BCUT2D eigenvalue weighted by atomic mass is 9.97. The van der Waals surface area contributed by atoms with Crippen LogP contribution in [0, 0.1) is 0 Å². The van der Waals surface area contributed by atoms with Crippen molar-refractivity contribution in [3.63, 3.8) is 0 Å². The Bertz CT molecular complexity index is 683. The number of esters is 1. The third kappa shape index (κ3) is 7.09. The smallest absolute Gasteiger partial charge is 0.338 e. The summed E-state index contributed by atoms with van der Waals surface area (Å²) in [5, 5.41) is 2.95. The molecule has 28 heavy (non-hydrogen) atoms. The molecule has 0 spiro atoms. The van der Waals surface area contributed by atoms with E-state index in [0.717, 1.165) is 25.7 Å². The summed E-state index contributed by atoms with van der Waals surface area (Å²) in [4.78, 5) is 35.1. The van der Waals surface area contributed by atoms with Gasteiger partial charge in [0.2, 0.25) is 0 Å². The molecule has 1 saturated carbocycles. The molecule has 8 heteroatoms. The predicted molar refractivity (Wildman–Crippen MR) is 102 cm³/mol. The van der Waals surface area contributed by atoms with Crippen LogP contribution in [0.3, 0.4) is 0 Å². The average molecular weight is 392 g/mol. The fourth-order valence-corrected chi connectivity index (χ4v) is 3.15. The van der Waals surface area contributed by atoms with Crippen LogP contribution in [0.5, 0.6) is 11.5 Å². The number of hydrogen-bond donors (Lipinski definition) is 2. The van der Waals surface area contributed by atoms with Crippen LogP contribution < -0.4 is 20.5 Å². The summed E-state index contributed by atoms with van der Waals surface area (Å²) in [7, 11) is 1.41. The van der Waals surface area contributed by atoms with Crippen molar-refractivity contribution in [1.82, 2.24) is 5.32 Å². The van der Waals surface area contributed by atoms with E-state index in [0.29, 0.717) is 0 Å². The Morgan fingerprint density at radius 1 is 1.04 bits per heavy atom. The number of benzene rings is 1. The van der Waals surface area contributed by atoms with Crippen molar-refractivity contribution < 1.29 is 28.6 Å². The maximum absolute atomic E-state index is 12.2. The second kappa shape index (κ2) is 11.2. The Kier molecular flexibility index (Phi) is 8.58. The zero-order valence-corrected chi connectivity index (χ0v) is 16.2. The van der Waals surface area contributed by atoms with Gasteiger partial charge in [-0.15, -0.1) is 0 Å². The molecule has 0 atom stereocenters. The first-order valence-electron chi connectivity index (χ1n) is 9.55. The SMILES string of the molecule is COc1cc(C(=O)OCC(=O)NC2CCCCCCC2)ccc1OCC(N)=O. The highest BCUT2D eigenvalue weighted by molar-refractivity contribution is 5.92. The van der Waals surface area contributed by atoms with Gasteiger partial charge < -0.3 is 25.3 Å². The minimum atomic E-state index is -0.646. The van der Waals surface area contributed by atoms with Gasteiger partial charge in [0.15, 0.2) is 24.7 Å². The molecule has 1 aromatic rings. The molecule has 1 aliphatic carbocycles. The molecule has 0 aliphatic heterocycles. The summed E-state index contributed by atoms with van der Waals surface area (Å²) in [6.07, 6.45) is 7.79. The number of ether oxygens (including phenoxy) is 3. The van der Waals surface area contributed by atoms with Crippen molar-refractivity contribution >= 4 is 17.8 Å². The van der Waals surface area contributed by atoms with Crippen molar-refractivity contribution in [2.24, 2.45) is 5.73 Å². The van der Waals surface area contributed by atoms with Gasteiger partial charge in [0.1, 0.15) is 0 Å². The van der Waals surface area contributed by atoms with Gasteiger partial charge in [-0.1, -0.05) is 32.1 Å². The maximum atomic E-state index is 12.2. The van der Waals surface area contributed by atoms with Crippen molar-refractivity contribution in [1.29, 1.82) is 0 Å². The van der Waals surface area contributed by atoms with Crippen LogP contribution in [0.15, 0.2) is 18.2 Å². The van der Waals surface area contributed by atoms with Gasteiger partial charge in [-0.2, -0.15) is 0 Å². The third-order valence-electron chi connectivity index (χ3n) is 4.57. The maximum Gasteiger partial charge on any atom is 0.338 e. The molecule has 1 fully saturated rings. The summed E-state index contributed by atoms with van der Waals surface area (Å²) in [6, 6.07) is 4.51. The van der Waals surface area contributed by atoms with Crippen molar-refractivity contribution in [2.75, 3.05) is 20.3 Å². The molecule has 0 saturated heterocycles. The quantitative estimate of drug-likeness (QED) is 0.653. The van der Waals surface area contributed by atoms with E-state index in [2.05, 4.69) is 5.32 Å². The number of carbonyl (C=O) groups excluding carboxylic acids is 3. The van der Waals surface area contributed by atoms with Crippen LogP contribution in [0.1, 0.15) is 55.3 Å². The molecule has 2 amide bonds. The van der Waals surface area contributed by atoms with Gasteiger partial charge in [-0.05, 0) is 31.0 Å². The largest absolute Gasteiger partial charge is 0.493 e. The Morgan fingerprint density at radius 2 is 1.71 bits per heavy atom. The lowest BCUT2D eigenvalue weighted by Gasteiger charge is -2.20. The lowest BCUT2D eigenvalue weighted by molar-refractivity contribution is -0.125. The molecule has 3 N–H and O–H groups in total. The summed E-state index contributed by atoms with van der Waals surface area (Å²) >= 11 is 0. The number of amides is 2. The number of carbonyl (C=O) groups is 3. The molecule has 0 aromatic heterocycles. The van der Waals surface area contributed by atoms with E-state index in [1.165, 1.54) is 44.6 Å². The number of methoxy groups -OCH3 is 1. The van der Waals surface area contributed by atoms with E-state index in [1.807, 2.05) is 0 Å². The van der Waals surface area contributed by atoms with Crippen LogP contribution in [0.4, 0.5) is 0 Å². The standard InChI is InChI=1S/C20H28N2O6/c1-26-17-11-14(9-10-16(17)27-12-18(21)23)20(25)28-13-19(24)22-15-7-5-3-2-4-6-8-15/h9-11,15H,2-8,12-13H2,1H3,(H2,21,23)(H,22,24). The molecular formula is C20H28N2O6. The molecule has 0 bridgehead atoms. The zero-order valence-electron chi connectivity index (χ0n) is 16.2. The Hall–Kier alpha value is -2.77. The van der Waals surface area contributed by atoms with E-state index in [1.54, 1.807) is 0 Å². The molecule has 1 aliphatic rings. The van der Waals surface area contributed by atoms with Gasteiger partial charge in [0, 0.05) is 6.04 Å². The second-order valence-electron chi connectivity index (χ2n) is 6.81. The first-order valence-corrected chi connectivity index (χ1v) is 9.55. The average Bonchev–Trinajstić information content (AvgIpc) is 2.66. The highest BCUT2D eigenvalue weighted by Gasteiger charge is 2.17. The number of nitrogens with two attached hydrogens (primary N) is 1. The minimum Gasteiger partial charge on any atom is -0.493 e. The summed E-state index contributed by atoms with van der Waals surface area (Å²) < 4.78 is 15.5.